The van der Waals surface area contributed by atoms with Crippen molar-refractivity contribution in [3.63, 3.8) is 0 Å². The largest absolute Gasteiger partial charge is 0.497 e. The molecule has 1 N–H and O–H groups in total. The van der Waals surface area contributed by atoms with E-state index in [1.165, 1.54) is 6.08 Å². The van der Waals surface area contributed by atoms with Gasteiger partial charge in [0.15, 0.2) is 5.79 Å². The lowest BCUT2D eigenvalue weighted by Crippen LogP contribution is -2.38. The van der Waals surface area contributed by atoms with Crippen LogP contribution in [0.2, 0.25) is 0 Å². The number of aliphatic hydroxyl groups is 1. The Morgan fingerprint density at radius 1 is 1.28 bits per heavy atom. The molecular weight excluding hydrogens is 379 g/mol. The van der Waals surface area contributed by atoms with Crippen LogP contribution in [0.15, 0.2) is 36.2 Å². The molecule has 6 nitrogen and oxygen atoms in total. The Kier molecular flexibility index (Phi) is 8.34. The van der Waals surface area contributed by atoms with Crippen molar-refractivity contribution in [1.82, 2.24) is 0 Å². The Balaban J connectivity index is 2.25. The Morgan fingerprint density at radius 3 is 2.48 bits per heavy atom. The van der Waals surface area contributed by atoms with Gasteiger partial charge in [-0.25, -0.2) is 4.39 Å². The van der Waals surface area contributed by atoms with E-state index in [1.54, 1.807) is 46.9 Å². The normalized spacial score (nSPS) is 24.7. The van der Waals surface area contributed by atoms with Gasteiger partial charge in [0.25, 0.3) is 0 Å². The second kappa shape index (κ2) is 10.3. The van der Waals surface area contributed by atoms with Crippen LogP contribution >= 0.6 is 0 Å². The van der Waals surface area contributed by atoms with Crippen molar-refractivity contribution in [2.24, 2.45) is 5.92 Å². The van der Waals surface area contributed by atoms with Gasteiger partial charge < -0.3 is 28.8 Å². The summed E-state index contributed by atoms with van der Waals surface area (Å²) in [4.78, 5) is 11.1. The van der Waals surface area contributed by atoms with Gasteiger partial charge in [0, 0.05) is 12.3 Å². The van der Waals surface area contributed by atoms with Gasteiger partial charge in [-0.3, -0.25) is 0 Å². The number of benzene rings is 1. The molecule has 1 aliphatic rings. The molecule has 162 valence electrons. The first-order valence-electron chi connectivity index (χ1n) is 9.76. The lowest BCUT2D eigenvalue weighted by Gasteiger charge is -2.26. The molecule has 2 rings (SSSR count). The van der Waals surface area contributed by atoms with E-state index in [9.17, 15) is 9.90 Å². The highest BCUT2D eigenvalue weighted by Crippen LogP contribution is 2.35. The molecule has 0 amide bonds. The van der Waals surface area contributed by atoms with Crippen LogP contribution in [0, 0.1) is 5.92 Å². The fourth-order valence-corrected chi connectivity index (χ4v) is 3.12. The van der Waals surface area contributed by atoms with Gasteiger partial charge >= 0.3 is 0 Å². The minimum Gasteiger partial charge on any atom is -0.497 e. The highest BCUT2D eigenvalue weighted by atomic mass is 19.1. The molecular formula is C22H31FO6. The van der Waals surface area contributed by atoms with E-state index in [0.29, 0.717) is 5.75 Å². The van der Waals surface area contributed by atoms with Crippen LogP contribution in [0.5, 0.6) is 5.75 Å². The number of hydrogen-bond donors (Lipinski definition) is 1. The standard InChI is InChI=1S/C22H31FO6/c1-14(15(2)25)12-18(23)20(21-19(10-11-24)28-22(3,4)29-21)27-13-16-6-8-17(26-5)9-7-16/h6-9,11-12,14-15,19-21,25H,10,13H2,1-5H3/b18-12+/t14-,15+,19+,20-,21+/m1/s1. The minimum atomic E-state index is -1.08. The van der Waals surface area contributed by atoms with Crippen LogP contribution in [0.25, 0.3) is 0 Å². The lowest BCUT2D eigenvalue weighted by atomic mass is 10.00. The third kappa shape index (κ3) is 6.60. The second-order valence-electron chi connectivity index (χ2n) is 7.77. The summed E-state index contributed by atoms with van der Waals surface area (Å²) >= 11 is 0. The van der Waals surface area contributed by atoms with Gasteiger partial charge in [0.05, 0.1) is 25.9 Å². The predicted octanol–water partition coefficient (Wildman–Crippen LogP) is 3.56. The Labute approximate surface area is 171 Å². The van der Waals surface area contributed by atoms with E-state index in [4.69, 9.17) is 18.9 Å². The Bertz CT molecular complexity index is 685. The number of aliphatic hydroxyl groups excluding tert-OH is 1. The third-order valence-corrected chi connectivity index (χ3v) is 4.89. The zero-order valence-electron chi connectivity index (χ0n) is 17.6. The number of rotatable bonds is 10. The van der Waals surface area contributed by atoms with Crippen molar-refractivity contribution in [2.45, 2.75) is 70.9 Å². The molecule has 1 heterocycles. The summed E-state index contributed by atoms with van der Waals surface area (Å²) in [6.45, 7) is 6.86. The van der Waals surface area contributed by atoms with E-state index in [-0.39, 0.29) is 13.0 Å². The van der Waals surface area contributed by atoms with Gasteiger partial charge in [0.1, 0.15) is 30.1 Å². The topological polar surface area (TPSA) is 74.2 Å². The molecule has 5 atom stereocenters. The maximum Gasteiger partial charge on any atom is 0.163 e. The molecule has 1 fully saturated rings. The molecule has 0 aromatic heterocycles. The van der Waals surface area contributed by atoms with Gasteiger partial charge in [-0.15, -0.1) is 0 Å². The van der Waals surface area contributed by atoms with Crippen LogP contribution < -0.4 is 4.74 Å². The smallest absolute Gasteiger partial charge is 0.163 e. The zero-order chi connectivity index (χ0) is 21.6. The van der Waals surface area contributed by atoms with E-state index in [0.717, 1.165) is 11.8 Å². The average Bonchev–Trinajstić information content (AvgIpc) is 2.96. The van der Waals surface area contributed by atoms with E-state index >= 15 is 4.39 Å². The van der Waals surface area contributed by atoms with Crippen molar-refractivity contribution >= 4 is 6.29 Å². The predicted molar refractivity (Wildman–Crippen MR) is 106 cm³/mol. The maximum absolute atomic E-state index is 15.2. The number of carbonyl (C=O) groups excluding carboxylic acids is 1. The first kappa shape index (κ1) is 23.5. The molecule has 29 heavy (non-hydrogen) atoms. The lowest BCUT2D eigenvalue weighted by molar-refractivity contribution is -0.158. The Hall–Kier alpha value is -1.80. The summed E-state index contributed by atoms with van der Waals surface area (Å²) in [6.07, 6.45) is -1.11. The van der Waals surface area contributed by atoms with Crippen LogP contribution in [-0.2, 0) is 25.6 Å². The molecule has 0 aliphatic carbocycles. The van der Waals surface area contributed by atoms with Gasteiger partial charge in [0.2, 0.25) is 0 Å². The second-order valence-corrected chi connectivity index (χ2v) is 7.77. The first-order chi connectivity index (χ1) is 13.7. The van der Waals surface area contributed by atoms with E-state index in [2.05, 4.69) is 0 Å². The highest BCUT2D eigenvalue weighted by Gasteiger charge is 2.47. The van der Waals surface area contributed by atoms with Crippen molar-refractivity contribution in [2.75, 3.05) is 7.11 Å². The van der Waals surface area contributed by atoms with E-state index in [1.807, 2.05) is 12.1 Å². The quantitative estimate of drug-likeness (QED) is 0.595. The van der Waals surface area contributed by atoms with Gasteiger partial charge in [-0.05, 0) is 44.5 Å². The van der Waals surface area contributed by atoms with E-state index < -0.39 is 41.9 Å². The summed E-state index contributed by atoms with van der Waals surface area (Å²) in [5.41, 5.74) is 0.831. The SMILES string of the molecule is COc1ccc(CO[C@H](/C(F)=C\[C@@H](C)[C@H](C)O)[C@H]2OC(C)(C)O[C@H]2CC=O)cc1. The van der Waals surface area contributed by atoms with Gasteiger partial charge in [-0.1, -0.05) is 19.1 Å². The Morgan fingerprint density at radius 2 is 1.93 bits per heavy atom. The number of ether oxygens (including phenoxy) is 4. The molecule has 0 unspecified atom stereocenters. The first-order valence-corrected chi connectivity index (χ1v) is 9.76. The molecule has 0 spiro atoms. The monoisotopic (exact) mass is 410 g/mol. The van der Waals surface area contributed by atoms with Crippen LogP contribution in [0.4, 0.5) is 4.39 Å². The molecule has 1 saturated heterocycles. The molecule has 0 saturated carbocycles. The molecule has 0 radical (unpaired) electrons. The summed E-state index contributed by atoms with van der Waals surface area (Å²) in [5, 5.41) is 9.73. The fraction of sp³-hybridized carbons (Fsp3) is 0.591. The summed E-state index contributed by atoms with van der Waals surface area (Å²) < 4.78 is 37.9. The molecule has 1 aromatic rings. The zero-order valence-corrected chi connectivity index (χ0v) is 17.6. The van der Waals surface area contributed by atoms with Crippen LogP contribution in [-0.4, -0.2) is 48.7 Å². The van der Waals surface area contributed by atoms with Gasteiger partial charge in [-0.2, -0.15) is 0 Å². The summed E-state index contributed by atoms with van der Waals surface area (Å²) in [6, 6.07) is 7.25. The molecule has 1 aromatic carbocycles. The highest BCUT2D eigenvalue weighted by molar-refractivity contribution is 5.50. The number of hydrogen-bond acceptors (Lipinski definition) is 6. The number of methoxy groups -OCH3 is 1. The molecule has 0 bridgehead atoms. The number of aldehydes is 1. The summed E-state index contributed by atoms with van der Waals surface area (Å²) in [5.74, 6) is -1.23. The fourth-order valence-electron chi connectivity index (χ4n) is 3.12. The minimum absolute atomic E-state index is 0.0652. The molecule has 7 heteroatoms. The van der Waals surface area contributed by atoms with Crippen LogP contribution in [0.1, 0.15) is 39.7 Å². The van der Waals surface area contributed by atoms with Crippen LogP contribution in [0.3, 0.4) is 0 Å². The summed E-state index contributed by atoms with van der Waals surface area (Å²) in [7, 11) is 1.58. The van der Waals surface area contributed by atoms with Crippen molar-refractivity contribution in [1.29, 1.82) is 0 Å². The maximum atomic E-state index is 15.2. The third-order valence-electron chi connectivity index (χ3n) is 4.89. The van der Waals surface area contributed by atoms with Crippen molar-refractivity contribution in [3.05, 3.63) is 41.7 Å². The van der Waals surface area contributed by atoms with Crippen molar-refractivity contribution < 1.29 is 33.2 Å². The average molecular weight is 410 g/mol. The number of halogens is 1. The van der Waals surface area contributed by atoms with Crippen molar-refractivity contribution in [3.8, 4) is 5.75 Å². The molecule has 1 aliphatic heterocycles. The number of carbonyl (C=O) groups is 1.